The Kier molecular flexibility index (Phi) is 4.59. The highest BCUT2D eigenvalue weighted by Crippen LogP contribution is 2.44. The summed E-state index contributed by atoms with van der Waals surface area (Å²) in [5, 5.41) is 0. The van der Waals surface area contributed by atoms with Crippen molar-refractivity contribution in [3.63, 3.8) is 0 Å². The lowest BCUT2D eigenvalue weighted by Gasteiger charge is -2.32. The van der Waals surface area contributed by atoms with E-state index in [9.17, 15) is 4.79 Å². The van der Waals surface area contributed by atoms with Crippen molar-refractivity contribution < 1.29 is 14.3 Å². The zero-order valence-corrected chi connectivity index (χ0v) is 11.7. The van der Waals surface area contributed by atoms with Gasteiger partial charge in [-0.2, -0.15) is 0 Å². The van der Waals surface area contributed by atoms with Gasteiger partial charge in [0.2, 0.25) is 0 Å². The van der Waals surface area contributed by atoms with Crippen LogP contribution in [0.15, 0.2) is 30.3 Å². The van der Waals surface area contributed by atoms with Gasteiger partial charge in [0.25, 0.3) is 0 Å². The van der Waals surface area contributed by atoms with Crippen molar-refractivity contribution in [1.29, 1.82) is 0 Å². The Labute approximate surface area is 114 Å². The van der Waals surface area contributed by atoms with Crippen LogP contribution in [-0.4, -0.2) is 25.8 Å². The molecule has 0 spiro atoms. The van der Waals surface area contributed by atoms with Gasteiger partial charge in [0.15, 0.2) is 0 Å². The average Bonchev–Trinajstić information content (AvgIpc) is 2.83. The van der Waals surface area contributed by atoms with Gasteiger partial charge in [0.1, 0.15) is 0 Å². The van der Waals surface area contributed by atoms with Gasteiger partial charge in [-0.25, -0.2) is 0 Å². The molecule has 19 heavy (non-hydrogen) atoms. The molecule has 3 heteroatoms. The molecule has 2 unspecified atom stereocenters. The van der Waals surface area contributed by atoms with Gasteiger partial charge in [-0.3, -0.25) is 4.79 Å². The van der Waals surface area contributed by atoms with E-state index in [0.717, 1.165) is 19.3 Å². The minimum absolute atomic E-state index is 0.0230. The minimum atomic E-state index is -0.508. The highest BCUT2D eigenvalue weighted by Gasteiger charge is 2.50. The number of hydrogen-bond donors (Lipinski definition) is 0. The largest absolute Gasteiger partial charge is 0.469 e. The molecule has 0 heterocycles. The molecule has 2 atom stereocenters. The summed E-state index contributed by atoms with van der Waals surface area (Å²) in [6.45, 7) is 2.61. The average molecular weight is 262 g/mol. The third-order valence-electron chi connectivity index (χ3n) is 4.03. The van der Waals surface area contributed by atoms with Crippen LogP contribution < -0.4 is 0 Å². The summed E-state index contributed by atoms with van der Waals surface area (Å²) < 4.78 is 10.9. The van der Waals surface area contributed by atoms with E-state index in [-0.39, 0.29) is 12.1 Å². The molecule has 3 nitrogen and oxygen atoms in total. The molecular weight excluding hydrogens is 240 g/mol. The first-order chi connectivity index (χ1) is 9.23. The fraction of sp³-hybridized carbons (Fsp3) is 0.562. The van der Waals surface area contributed by atoms with Gasteiger partial charge in [-0.15, -0.1) is 0 Å². The van der Waals surface area contributed by atoms with Crippen LogP contribution in [0.25, 0.3) is 0 Å². The van der Waals surface area contributed by atoms with Gasteiger partial charge in [-0.1, -0.05) is 30.3 Å². The topological polar surface area (TPSA) is 35.5 Å². The van der Waals surface area contributed by atoms with Gasteiger partial charge >= 0.3 is 5.97 Å². The summed E-state index contributed by atoms with van der Waals surface area (Å²) in [6, 6.07) is 10.1. The molecule has 1 saturated carbocycles. The van der Waals surface area contributed by atoms with Gasteiger partial charge < -0.3 is 9.47 Å². The summed E-state index contributed by atoms with van der Waals surface area (Å²) >= 11 is 0. The van der Waals surface area contributed by atoms with E-state index >= 15 is 0 Å². The Morgan fingerprint density at radius 3 is 2.74 bits per heavy atom. The maximum absolute atomic E-state index is 12.3. The number of esters is 1. The van der Waals surface area contributed by atoms with Crippen molar-refractivity contribution in [2.24, 2.45) is 5.41 Å². The SMILES string of the molecule is CCOC1CCCC1(Cc1ccccc1)C(=O)OC. The van der Waals surface area contributed by atoms with Crippen LogP contribution in [0, 0.1) is 5.41 Å². The Bertz CT molecular complexity index is 415. The molecule has 1 aliphatic carbocycles. The summed E-state index contributed by atoms with van der Waals surface area (Å²) in [4.78, 5) is 12.3. The summed E-state index contributed by atoms with van der Waals surface area (Å²) in [6.07, 6.45) is 3.48. The summed E-state index contributed by atoms with van der Waals surface area (Å²) in [7, 11) is 1.47. The van der Waals surface area contributed by atoms with E-state index in [1.807, 2.05) is 25.1 Å². The van der Waals surface area contributed by atoms with Crippen molar-refractivity contribution in [2.75, 3.05) is 13.7 Å². The second-order valence-corrected chi connectivity index (χ2v) is 5.15. The standard InChI is InChI=1S/C16H22O3/c1-3-19-14-10-7-11-16(14,15(17)18-2)12-13-8-5-4-6-9-13/h4-6,8-9,14H,3,7,10-12H2,1-2H3. The predicted molar refractivity (Wildman–Crippen MR) is 73.9 cm³/mol. The van der Waals surface area contributed by atoms with Crippen LogP contribution in [0.2, 0.25) is 0 Å². The molecule has 0 aromatic heterocycles. The Balaban J connectivity index is 2.27. The molecule has 0 bridgehead atoms. The molecule has 1 aromatic carbocycles. The highest BCUT2D eigenvalue weighted by atomic mass is 16.5. The monoisotopic (exact) mass is 262 g/mol. The van der Waals surface area contributed by atoms with Crippen molar-refractivity contribution in [3.05, 3.63) is 35.9 Å². The minimum Gasteiger partial charge on any atom is -0.469 e. The van der Waals surface area contributed by atoms with Crippen LogP contribution in [0.4, 0.5) is 0 Å². The molecule has 0 radical (unpaired) electrons. The highest BCUT2D eigenvalue weighted by molar-refractivity contribution is 5.78. The first kappa shape index (κ1) is 14.1. The first-order valence-electron chi connectivity index (χ1n) is 6.97. The number of carbonyl (C=O) groups is 1. The van der Waals surface area contributed by atoms with Crippen LogP contribution in [-0.2, 0) is 20.7 Å². The smallest absolute Gasteiger partial charge is 0.314 e. The molecule has 0 aliphatic heterocycles. The van der Waals surface area contributed by atoms with E-state index < -0.39 is 5.41 Å². The summed E-state index contributed by atoms with van der Waals surface area (Å²) in [5.74, 6) is -0.132. The van der Waals surface area contributed by atoms with E-state index in [1.165, 1.54) is 12.7 Å². The fourth-order valence-electron chi connectivity index (χ4n) is 3.16. The molecule has 1 aliphatic rings. The number of benzene rings is 1. The van der Waals surface area contributed by atoms with Crippen molar-refractivity contribution >= 4 is 5.97 Å². The number of carbonyl (C=O) groups excluding carboxylic acids is 1. The van der Waals surface area contributed by atoms with E-state index in [1.54, 1.807) is 0 Å². The number of rotatable bonds is 5. The van der Waals surface area contributed by atoms with Crippen molar-refractivity contribution in [1.82, 2.24) is 0 Å². The van der Waals surface area contributed by atoms with Crippen LogP contribution in [0.1, 0.15) is 31.7 Å². The van der Waals surface area contributed by atoms with Crippen LogP contribution >= 0.6 is 0 Å². The van der Waals surface area contributed by atoms with E-state index in [2.05, 4.69) is 12.1 Å². The molecule has 0 amide bonds. The number of hydrogen-bond acceptors (Lipinski definition) is 3. The molecule has 1 aromatic rings. The molecule has 2 rings (SSSR count). The lowest BCUT2D eigenvalue weighted by atomic mass is 9.78. The predicted octanol–water partition coefficient (Wildman–Crippen LogP) is 2.98. The Morgan fingerprint density at radius 1 is 1.37 bits per heavy atom. The van der Waals surface area contributed by atoms with Crippen molar-refractivity contribution in [3.8, 4) is 0 Å². The van der Waals surface area contributed by atoms with Gasteiger partial charge in [0, 0.05) is 6.61 Å². The normalized spacial score (nSPS) is 26.3. The number of methoxy groups -OCH3 is 1. The lowest BCUT2D eigenvalue weighted by molar-refractivity contribution is -0.161. The van der Waals surface area contributed by atoms with Crippen LogP contribution in [0.3, 0.4) is 0 Å². The zero-order valence-electron chi connectivity index (χ0n) is 11.7. The van der Waals surface area contributed by atoms with Crippen molar-refractivity contribution in [2.45, 2.75) is 38.7 Å². The second-order valence-electron chi connectivity index (χ2n) is 5.15. The quantitative estimate of drug-likeness (QED) is 0.765. The first-order valence-corrected chi connectivity index (χ1v) is 6.97. The molecular formula is C16H22O3. The Hall–Kier alpha value is -1.35. The number of ether oxygens (including phenoxy) is 2. The Morgan fingerprint density at radius 2 is 2.11 bits per heavy atom. The lowest BCUT2D eigenvalue weighted by Crippen LogP contribution is -2.42. The van der Waals surface area contributed by atoms with Gasteiger partial charge in [0.05, 0.1) is 18.6 Å². The molecule has 0 N–H and O–H groups in total. The third-order valence-corrected chi connectivity index (χ3v) is 4.03. The fourth-order valence-corrected chi connectivity index (χ4v) is 3.16. The molecule has 104 valence electrons. The second kappa shape index (κ2) is 6.20. The van der Waals surface area contributed by atoms with E-state index in [4.69, 9.17) is 9.47 Å². The summed E-state index contributed by atoms with van der Waals surface area (Å²) in [5.41, 5.74) is 0.658. The molecule has 1 fully saturated rings. The maximum Gasteiger partial charge on any atom is 0.314 e. The third kappa shape index (κ3) is 2.81. The molecule has 0 saturated heterocycles. The maximum atomic E-state index is 12.3. The van der Waals surface area contributed by atoms with E-state index in [0.29, 0.717) is 13.0 Å². The zero-order chi connectivity index (χ0) is 13.7. The van der Waals surface area contributed by atoms with Gasteiger partial charge in [-0.05, 0) is 38.2 Å². The van der Waals surface area contributed by atoms with Crippen LogP contribution in [0.5, 0.6) is 0 Å².